The van der Waals surface area contributed by atoms with E-state index in [9.17, 15) is 14.4 Å². The van der Waals surface area contributed by atoms with E-state index in [2.05, 4.69) is 15.3 Å². The van der Waals surface area contributed by atoms with Crippen molar-refractivity contribution in [2.75, 3.05) is 7.11 Å². The quantitative estimate of drug-likeness (QED) is 0.141. The van der Waals surface area contributed by atoms with Crippen LogP contribution in [0, 0.1) is 0 Å². The van der Waals surface area contributed by atoms with Crippen LogP contribution in [0.3, 0.4) is 0 Å². The van der Waals surface area contributed by atoms with Gasteiger partial charge in [0.1, 0.15) is 28.4 Å². The lowest BCUT2D eigenvalue weighted by atomic mass is 10.1. The monoisotopic (exact) mass is 603 g/mol. The summed E-state index contributed by atoms with van der Waals surface area (Å²) in [7, 11) is 1.45. The summed E-state index contributed by atoms with van der Waals surface area (Å²) in [4.78, 5) is 51.3. The molecule has 0 aliphatic carbocycles. The lowest BCUT2D eigenvalue weighted by molar-refractivity contribution is 0.0470. The number of imidazole rings is 1. The Kier molecular flexibility index (Phi) is 10.7. The van der Waals surface area contributed by atoms with Crippen LogP contribution in [-0.2, 0) is 9.47 Å². The van der Waals surface area contributed by atoms with Crippen LogP contribution in [0.25, 0.3) is 11.3 Å². The van der Waals surface area contributed by atoms with Gasteiger partial charge in [-0.2, -0.15) is 0 Å². The van der Waals surface area contributed by atoms with Gasteiger partial charge in [-0.05, 0) is 66.5 Å². The van der Waals surface area contributed by atoms with Crippen LogP contribution in [0.1, 0.15) is 96.2 Å². The zero-order valence-electron chi connectivity index (χ0n) is 25.0. The van der Waals surface area contributed by atoms with E-state index in [1.165, 1.54) is 30.3 Å². The van der Waals surface area contributed by atoms with Crippen molar-refractivity contribution in [1.29, 1.82) is 0 Å². The molecule has 12 nitrogen and oxygen atoms in total. The van der Waals surface area contributed by atoms with Gasteiger partial charge in [-0.1, -0.05) is 24.4 Å². The summed E-state index contributed by atoms with van der Waals surface area (Å²) in [5, 5.41) is 3.09. The van der Waals surface area contributed by atoms with Crippen molar-refractivity contribution >= 4 is 29.6 Å². The number of carbonyl (C=O) groups is 3. The lowest BCUT2D eigenvalue weighted by Gasteiger charge is -2.25. The Morgan fingerprint density at radius 2 is 1.74 bits per heavy atom. The Labute approximate surface area is 250 Å². The molecule has 1 N–H and O–H groups in total. The fourth-order valence-electron chi connectivity index (χ4n) is 3.99. The largest absolute Gasteiger partial charge is 0.480 e. The van der Waals surface area contributed by atoms with Crippen molar-refractivity contribution in [1.82, 2.24) is 24.8 Å². The van der Waals surface area contributed by atoms with Crippen LogP contribution in [0.5, 0.6) is 5.88 Å². The molecule has 3 aromatic heterocycles. The minimum atomic E-state index is -0.790. The van der Waals surface area contributed by atoms with E-state index in [-0.39, 0.29) is 35.0 Å². The molecular formula is C29H38ClN5O7. The molecule has 0 unspecified atom stereocenters. The summed E-state index contributed by atoms with van der Waals surface area (Å²) < 4.78 is 22.9. The number of methoxy groups -OCH3 is 1. The van der Waals surface area contributed by atoms with E-state index < -0.39 is 29.4 Å². The molecule has 3 heterocycles. The number of hydrogen-bond donors (Lipinski definition) is 1. The number of rotatable bonds is 11. The Hall–Kier alpha value is -3.93. The Balaban J connectivity index is 1.92. The molecule has 13 heteroatoms. The molecule has 3 rings (SSSR count). The fraction of sp³-hybridized carbons (Fsp3) is 0.517. The average Bonchev–Trinajstić information content (AvgIpc) is 3.56. The third kappa shape index (κ3) is 9.57. The highest BCUT2D eigenvalue weighted by Crippen LogP contribution is 2.32. The second-order valence-electron chi connectivity index (χ2n) is 11.6. The first-order valence-electron chi connectivity index (χ1n) is 13.6. The summed E-state index contributed by atoms with van der Waals surface area (Å²) in [6, 6.07) is 2.53. The second-order valence-corrected chi connectivity index (χ2v) is 12.0. The number of alkyl carbamates (subject to hydrolysis) is 1. The van der Waals surface area contributed by atoms with Crippen molar-refractivity contribution in [3.63, 3.8) is 0 Å². The molecule has 3 aromatic rings. The molecule has 0 aromatic carbocycles. The van der Waals surface area contributed by atoms with E-state index in [1.54, 1.807) is 53.7 Å². The Morgan fingerprint density at radius 3 is 2.36 bits per heavy atom. The first-order chi connectivity index (χ1) is 19.7. The predicted molar refractivity (Wildman–Crippen MR) is 155 cm³/mol. The van der Waals surface area contributed by atoms with Crippen molar-refractivity contribution in [3.05, 3.63) is 47.7 Å². The van der Waals surface area contributed by atoms with Gasteiger partial charge in [0.25, 0.3) is 5.89 Å². The number of ketones is 1. The molecule has 0 spiro atoms. The highest BCUT2D eigenvalue weighted by molar-refractivity contribution is 6.29. The first kappa shape index (κ1) is 32.6. The maximum Gasteiger partial charge on any atom is 0.420 e. The molecule has 0 saturated heterocycles. The summed E-state index contributed by atoms with van der Waals surface area (Å²) in [6.45, 7) is 10.5. The second kappa shape index (κ2) is 13.8. The number of carbonyl (C=O) groups excluding carboxylic acids is 3. The molecule has 0 radical (unpaired) electrons. The average molecular weight is 604 g/mol. The van der Waals surface area contributed by atoms with Crippen LogP contribution in [-0.4, -0.2) is 55.8 Å². The number of Topliss-reactive ketones (excluding diaryl/α,β-unsaturated/α-hetero) is 1. The van der Waals surface area contributed by atoms with Gasteiger partial charge < -0.3 is 23.9 Å². The number of amides is 1. The van der Waals surface area contributed by atoms with Gasteiger partial charge in [0, 0.05) is 12.6 Å². The van der Waals surface area contributed by atoms with Crippen molar-refractivity contribution in [3.8, 4) is 17.1 Å². The molecule has 0 aliphatic rings. The van der Waals surface area contributed by atoms with Crippen LogP contribution in [0.4, 0.5) is 9.59 Å². The molecule has 0 aliphatic heterocycles. The summed E-state index contributed by atoms with van der Waals surface area (Å²) in [6.07, 6.45) is 5.45. The summed E-state index contributed by atoms with van der Waals surface area (Å²) in [5.74, 6) is 0.353. The molecule has 0 bridgehead atoms. The minimum Gasteiger partial charge on any atom is -0.480 e. The number of aromatic nitrogens is 4. The first-order valence-corrected chi connectivity index (χ1v) is 14.0. The van der Waals surface area contributed by atoms with Crippen molar-refractivity contribution < 1.29 is 33.0 Å². The van der Waals surface area contributed by atoms with E-state index in [4.69, 9.17) is 35.2 Å². The smallest absolute Gasteiger partial charge is 0.420 e. The third-order valence-electron chi connectivity index (χ3n) is 5.69. The summed E-state index contributed by atoms with van der Waals surface area (Å²) >= 11 is 6.05. The molecular weight excluding hydrogens is 566 g/mol. The number of pyridine rings is 1. The standard InChI is InChI=1S/C29H38ClN5O7/c1-28(2,3)41-26(37)33-19(11-9-8-10-12-21(36)25-31-15-16-40-25)23-32-20(17-35(23)27(38)42-29(4,5)6)18-13-14-22(30)34-24(18)39-7/h13-17,19H,8-12H2,1-7H3,(H,33,37)/t19-/m0/s1. The Morgan fingerprint density at radius 1 is 1.02 bits per heavy atom. The maximum atomic E-state index is 13.4. The zero-order chi connectivity index (χ0) is 31.1. The van der Waals surface area contributed by atoms with Crippen LogP contribution in [0.2, 0.25) is 5.15 Å². The number of ether oxygens (including phenoxy) is 3. The highest BCUT2D eigenvalue weighted by Gasteiger charge is 2.29. The number of nitrogens with zero attached hydrogens (tertiary/aromatic N) is 4. The SMILES string of the molecule is COc1nc(Cl)ccc1-c1cn(C(=O)OC(C)(C)C)c([C@H](CCCCCC(=O)c2ncco2)NC(=O)OC(C)(C)C)n1. The normalized spacial score (nSPS) is 12.5. The summed E-state index contributed by atoms with van der Waals surface area (Å²) in [5.41, 5.74) is -0.680. The topological polar surface area (TPSA) is 148 Å². The van der Waals surface area contributed by atoms with E-state index in [0.29, 0.717) is 36.9 Å². The van der Waals surface area contributed by atoms with Gasteiger partial charge in [-0.3, -0.25) is 4.79 Å². The van der Waals surface area contributed by atoms with E-state index in [1.807, 2.05) is 0 Å². The third-order valence-corrected chi connectivity index (χ3v) is 5.90. The number of oxazole rings is 1. The van der Waals surface area contributed by atoms with Gasteiger partial charge in [0.2, 0.25) is 11.7 Å². The molecule has 1 amide bonds. The van der Waals surface area contributed by atoms with Crippen LogP contribution >= 0.6 is 11.6 Å². The number of hydrogen-bond acceptors (Lipinski definition) is 10. The highest BCUT2D eigenvalue weighted by atomic mass is 35.5. The van der Waals surface area contributed by atoms with Crippen LogP contribution < -0.4 is 10.1 Å². The molecule has 1 atom stereocenters. The number of unbranched alkanes of at least 4 members (excludes halogenated alkanes) is 2. The fourth-order valence-corrected chi connectivity index (χ4v) is 4.13. The van der Waals surface area contributed by atoms with Gasteiger partial charge in [-0.25, -0.2) is 29.1 Å². The molecule has 0 fully saturated rings. The van der Waals surface area contributed by atoms with Gasteiger partial charge in [0.05, 0.1) is 30.6 Å². The van der Waals surface area contributed by atoms with Gasteiger partial charge in [0.15, 0.2) is 0 Å². The maximum absolute atomic E-state index is 13.4. The van der Waals surface area contributed by atoms with Crippen molar-refractivity contribution in [2.24, 2.45) is 0 Å². The molecule has 0 saturated carbocycles. The zero-order valence-corrected chi connectivity index (χ0v) is 25.8. The van der Waals surface area contributed by atoms with E-state index in [0.717, 1.165) is 0 Å². The van der Waals surface area contributed by atoms with Crippen molar-refractivity contribution in [2.45, 2.75) is 90.9 Å². The van der Waals surface area contributed by atoms with Gasteiger partial charge >= 0.3 is 12.2 Å². The Bertz CT molecular complexity index is 1370. The van der Waals surface area contributed by atoms with E-state index >= 15 is 0 Å². The molecule has 228 valence electrons. The number of nitrogens with one attached hydrogen (secondary N) is 1. The molecule has 42 heavy (non-hydrogen) atoms. The lowest BCUT2D eigenvalue weighted by Crippen LogP contribution is -2.37. The van der Waals surface area contributed by atoms with Gasteiger partial charge in [-0.15, -0.1) is 0 Å². The minimum absolute atomic E-state index is 0.0819. The predicted octanol–water partition coefficient (Wildman–Crippen LogP) is 6.78. The van der Waals surface area contributed by atoms with Crippen LogP contribution in [0.15, 0.2) is 35.2 Å². The number of halogens is 1.